The quantitative estimate of drug-likeness (QED) is 0.681. The van der Waals surface area contributed by atoms with Gasteiger partial charge in [-0.1, -0.05) is 29.8 Å². The molecule has 0 aromatic heterocycles. The van der Waals surface area contributed by atoms with Crippen molar-refractivity contribution in [3.05, 3.63) is 35.4 Å². The normalized spacial score (nSPS) is 33.7. The van der Waals surface area contributed by atoms with E-state index in [9.17, 15) is 4.79 Å². The second-order valence-corrected chi connectivity index (χ2v) is 5.18. The van der Waals surface area contributed by atoms with Gasteiger partial charge in [-0.2, -0.15) is 0 Å². The van der Waals surface area contributed by atoms with Crippen molar-refractivity contribution in [3.8, 4) is 0 Å². The summed E-state index contributed by atoms with van der Waals surface area (Å²) in [7, 11) is 0. The summed E-state index contributed by atoms with van der Waals surface area (Å²) < 4.78 is 0. The average molecular weight is 200 g/mol. The summed E-state index contributed by atoms with van der Waals surface area (Å²) >= 11 is 0. The van der Waals surface area contributed by atoms with Gasteiger partial charge in [-0.15, -0.1) is 0 Å². The SMILES string of the molecule is Cc1ccc(C23CC(CCC2=O)C3)cc1. The molecule has 0 spiro atoms. The fourth-order valence-corrected chi connectivity index (χ4v) is 3.20. The van der Waals surface area contributed by atoms with Gasteiger partial charge in [-0.25, -0.2) is 0 Å². The van der Waals surface area contributed by atoms with Crippen LogP contribution < -0.4 is 0 Å². The summed E-state index contributed by atoms with van der Waals surface area (Å²) in [6.07, 6.45) is 4.15. The summed E-state index contributed by atoms with van der Waals surface area (Å²) in [5.74, 6) is 1.30. The lowest BCUT2D eigenvalue weighted by Crippen LogP contribution is -2.51. The van der Waals surface area contributed by atoms with Crippen molar-refractivity contribution in [2.75, 3.05) is 0 Å². The zero-order valence-electron chi connectivity index (χ0n) is 9.12. The maximum atomic E-state index is 12.0. The minimum absolute atomic E-state index is 0.0728. The monoisotopic (exact) mass is 200 g/mol. The van der Waals surface area contributed by atoms with Gasteiger partial charge in [0.05, 0.1) is 5.41 Å². The van der Waals surface area contributed by atoms with E-state index in [1.54, 1.807) is 0 Å². The van der Waals surface area contributed by atoms with Crippen molar-refractivity contribution < 1.29 is 4.79 Å². The van der Waals surface area contributed by atoms with Gasteiger partial charge in [0.25, 0.3) is 0 Å². The first-order valence-corrected chi connectivity index (χ1v) is 5.81. The highest BCUT2D eigenvalue weighted by Gasteiger charge is 2.53. The fourth-order valence-electron chi connectivity index (χ4n) is 3.20. The van der Waals surface area contributed by atoms with Crippen LogP contribution in [0.2, 0.25) is 0 Å². The summed E-state index contributed by atoms with van der Waals surface area (Å²) in [4.78, 5) is 12.0. The molecule has 1 aromatic carbocycles. The molecule has 0 radical (unpaired) electrons. The minimum Gasteiger partial charge on any atom is -0.299 e. The van der Waals surface area contributed by atoms with Crippen LogP contribution in [0.5, 0.6) is 0 Å². The van der Waals surface area contributed by atoms with Crippen LogP contribution in [0.25, 0.3) is 0 Å². The van der Waals surface area contributed by atoms with E-state index < -0.39 is 0 Å². The zero-order chi connectivity index (χ0) is 10.5. The molecule has 1 nitrogen and oxygen atoms in total. The van der Waals surface area contributed by atoms with Gasteiger partial charge in [-0.05, 0) is 37.7 Å². The lowest BCUT2D eigenvalue weighted by Gasteiger charge is -2.51. The number of carbonyl (C=O) groups is 1. The molecule has 3 aliphatic carbocycles. The molecule has 0 saturated heterocycles. The Morgan fingerprint density at radius 2 is 1.87 bits per heavy atom. The van der Waals surface area contributed by atoms with E-state index in [0.717, 1.165) is 31.6 Å². The van der Waals surface area contributed by atoms with Crippen LogP contribution in [0, 0.1) is 12.8 Å². The van der Waals surface area contributed by atoms with E-state index in [4.69, 9.17) is 0 Å². The zero-order valence-corrected chi connectivity index (χ0v) is 9.12. The van der Waals surface area contributed by atoms with Gasteiger partial charge >= 0.3 is 0 Å². The predicted molar refractivity (Wildman–Crippen MR) is 59.8 cm³/mol. The third kappa shape index (κ3) is 1.19. The maximum Gasteiger partial charge on any atom is 0.143 e. The lowest BCUT2D eigenvalue weighted by molar-refractivity contribution is -0.135. The minimum atomic E-state index is -0.0728. The van der Waals surface area contributed by atoms with Gasteiger partial charge in [0, 0.05) is 6.42 Å². The molecule has 0 unspecified atom stereocenters. The van der Waals surface area contributed by atoms with Crippen LogP contribution in [-0.2, 0) is 10.2 Å². The Kier molecular flexibility index (Phi) is 1.79. The first kappa shape index (κ1) is 9.14. The largest absolute Gasteiger partial charge is 0.299 e. The van der Waals surface area contributed by atoms with E-state index in [1.807, 2.05) is 0 Å². The molecule has 1 aromatic rings. The molecule has 2 bridgehead atoms. The number of rotatable bonds is 1. The molecule has 0 amide bonds. The van der Waals surface area contributed by atoms with Crippen molar-refractivity contribution >= 4 is 5.78 Å². The Labute approximate surface area is 90.5 Å². The highest BCUT2D eigenvalue weighted by atomic mass is 16.1. The molecule has 4 rings (SSSR count). The Hall–Kier alpha value is -1.11. The number of Topliss-reactive ketones (excluding diaryl/α,β-unsaturated/α-hetero) is 1. The topological polar surface area (TPSA) is 17.1 Å². The number of hydrogen-bond donors (Lipinski definition) is 0. The maximum absolute atomic E-state index is 12.0. The molecule has 3 saturated carbocycles. The van der Waals surface area contributed by atoms with Gasteiger partial charge in [0.2, 0.25) is 0 Å². The van der Waals surface area contributed by atoms with Crippen LogP contribution in [0.1, 0.15) is 36.8 Å². The first-order valence-electron chi connectivity index (χ1n) is 5.81. The van der Waals surface area contributed by atoms with Crippen LogP contribution >= 0.6 is 0 Å². The van der Waals surface area contributed by atoms with E-state index >= 15 is 0 Å². The van der Waals surface area contributed by atoms with Crippen molar-refractivity contribution in [3.63, 3.8) is 0 Å². The fraction of sp³-hybridized carbons (Fsp3) is 0.500. The van der Waals surface area contributed by atoms with Gasteiger partial charge in [-0.3, -0.25) is 4.79 Å². The number of fused-ring (bicyclic) bond motifs is 2. The second kappa shape index (κ2) is 2.94. The molecule has 0 atom stereocenters. The van der Waals surface area contributed by atoms with E-state index in [0.29, 0.717) is 5.78 Å². The van der Waals surface area contributed by atoms with Crippen molar-refractivity contribution in [2.45, 2.75) is 38.0 Å². The average Bonchev–Trinajstić information content (AvgIpc) is 2.18. The van der Waals surface area contributed by atoms with E-state index in [1.165, 1.54) is 11.1 Å². The van der Waals surface area contributed by atoms with Crippen molar-refractivity contribution in [1.29, 1.82) is 0 Å². The lowest BCUT2D eigenvalue weighted by atomic mass is 9.51. The van der Waals surface area contributed by atoms with E-state index in [-0.39, 0.29) is 5.41 Å². The molecule has 0 N–H and O–H groups in total. The van der Waals surface area contributed by atoms with Crippen LogP contribution in [-0.4, -0.2) is 5.78 Å². The Bertz CT molecular complexity index is 396. The van der Waals surface area contributed by atoms with Gasteiger partial charge in [0.1, 0.15) is 5.78 Å². The van der Waals surface area contributed by atoms with Crippen LogP contribution in [0.4, 0.5) is 0 Å². The molecule has 0 heterocycles. The van der Waals surface area contributed by atoms with Gasteiger partial charge < -0.3 is 0 Å². The van der Waals surface area contributed by atoms with Gasteiger partial charge in [0.15, 0.2) is 0 Å². The molecule has 3 aliphatic rings. The molecular weight excluding hydrogens is 184 g/mol. The number of hydrogen-bond acceptors (Lipinski definition) is 1. The number of carbonyl (C=O) groups excluding carboxylic acids is 1. The van der Waals surface area contributed by atoms with E-state index in [2.05, 4.69) is 31.2 Å². The molecule has 0 aliphatic heterocycles. The second-order valence-electron chi connectivity index (χ2n) is 5.18. The summed E-state index contributed by atoms with van der Waals surface area (Å²) in [5.41, 5.74) is 2.46. The Balaban J connectivity index is 1.99. The summed E-state index contributed by atoms with van der Waals surface area (Å²) in [5, 5.41) is 0. The number of benzene rings is 1. The molecule has 78 valence electrons. The molecular formula is C14H16O. The van der Waals surface area contributed by atoms with Crippen molar-refractivity contribution in [1.82, 2.24) is 0 Å². The predicted octanol–water partition coefficient (Wildman–Crippen LogP) is 3.01. The first-order chi connectivity index (χ1) is 7.21. The molecule has 15 heavy (non-hydrogen) atoms. The Morgan fingerprint density at radius 1 is 1.20 bits per heavy atom. The molecule has 3 fully saturated rings. The smallest absolute Gasteiger partial charge is 0.143 e. The summed E-state index contributed by atoms with van der Waals surface area (Å²) in [6, 6.07) is 8.54. The third-order valence-corrected chi connectivity index (χ3v) is 4.19. The number of ketones is 1. The van der Waals surface area contributed by atoms with Crippen LogP contribution in [0.15, 0.2) is 24.3 Å². The highest BCUT2D eigenvalue weighted by Crippen LogP contribution is 2.54. The standard InChI is InChI=1S/C14H16O/c1-10-2-5-12(6-3-10)14-8-11(9-14)4-7-13(14)15/h2-3,5-6,11H,4,7-9H2,1H3. The summed E-state index contributed by atoms with van der Waals surface area (Å²) in [6.45, 7) is 2.09. The van der Waals surface area contributed by atoms with Crippen LogP contribution in [0.3, 0.4) is 0 Å². The molecule has 1 heteroatoms. The third-order valence-electron chi connectivity index (χ3n) is 4.19. The highest BCUT2D eigenvalue weighted by molar-refractivity contribution is 5.92. The Morgan fingerprint density at radius 3 is 2.47 bits per heavy atom. The number of aryl methyl sites for hydroxylation is 1. The van der Waals surface area contributed by atoms with Crippen molar-refractivity contribution in [2.24, 2.45) is 5.92 Å².